The van der Waals surface area contributed by atoms with Gasteiger partial charge in [-0.1, -0.05) is 66.2 Å². The first-order valence-electron chi connectivity index (χ1n) is 7.98. The zero-order valence-electron chi connectivity index (χ0n) is 15.8. The maximum absolute atomic E-state index is 9.08. The molecular weight excluding hydrogens is 248 g/mol. The largest absolute Gasteiger partial charge is 2.00 e. The quantitative estimate of drug-likeness (QED) is 0.458. The topological polar surface area (TPSA) is 40.5 Å². The van der Waals surface area contributed by atoms with E-state index in [9.17, 15) is 0 Å². The molecule has 0 aromatic rings. The minimum atomic E-state index is -0.0449. The van der Waals surface area contributed by atoms with Gasteiger partial charge in [0.05, 0.1) is 12.2 Å². The van der Waals surface area contributed by atoms with Crippen LogP contribution >= 0.6 is 0 Å². The second-order valence-electron chi connectivity index (χ2n) is 5.12. The number of hydrogen-bond donors (Lipinski definition) is 2. The van der Waals surface area contributed by atoms with E-state index in [1.54, 1.807) is 0 Å². The molecule has 0 aliphatic rings. The smallest absolute Gasteiger partial charge is 1.00 e. The average Bonchev–Trinajstić information content (AvgIpc) is 2.39. The normalized spacial score (nSPS) is 12.9. The van der Waals surface area contributed by atoms with Gasteiger partial charge in [-0.15, -0.1) is 0 Å². The molecule has 0 bridgehead atoms. The van der Waals surface area contributed by atoms with Gasteiger partial charge in [-0.05, 0) is 25.7 Å². The van der Waals surface area contributed by atoms with Gasteiger partial charge < -0.3 is 13.1 Å². The Balaban J connectivity index is -0.0000000711. The van der Waals surface area contributed by atoms with Crippen LogP contribution < -0.4 is 0 Å². The van der Waals surface area contributed by atoms with Crippen molar-refractivity contribution < 1.29 is 13.1 Å². The van der Waals surface area contributed by atoms with Gasteiger partial charge in [-0.25, -0.2) is 0 Å². The van der Waals surface area contributed by atoms with Crippen molar-refractivity contribution in [1.82, 2.24) is 0 Å². The summed E-state index contributed by atoms with van der Waals surface area (Å²) < 4.78 is 0. The Hall–Kier alpha value is 0.686. The summed E-state index contributed by atoms with van der Waals surface area (Å²) in [7, 11) is 0. The van der Waals surface area contributed by atoms with Gasteiger partial charge in [0.1, 0.15) is 0 Å². The molecule has 0 radical (unpaired) electrons. The predicted octanol–water partition coefficient (Wildman–Crippen LogP) is 4.52. The first-order valence-corrected chi connectivity index (χ1v) is 7.98. The van der Waals surface area contributed by atoms with E-state index >= 15 is 0 Å². The molecule has 0 rings (SSSR count). The van der Waals surface area contributed by atoms with Gasteiger partial charge in [0, 0.05) is 0 Å². The van der Waals surface area contributed by atoms with Gasteiger partial charge in [-0.3, -0.25) is 0 Å². The Kier molecular flexibility index (Phi) is 27.3. The van der Waals surface area contributed by atoms with Crippen molar-refractivity contribution in [2.45, 2.75) is 104 Å². The molecule has 2 nitrogen and oxygen atoms in total. The number of aliphatic hydroxyl groups excluding tert-OH is 2. The van der Waals surface area contributed by atoms with E-state index in [2.05, 4.69) is 13.8 Å². The molecule has 116 valence electrons. The fourth-order valence-corrected chi connectivity index (χ4v) is 1.67. The molecule has 0 saturated carbocycles. The third-order valence-corrected chi connectivity index (χ3v) is 3.22. The first kappa shape index (κ1) is 24.7. The summed E-state index contributed by atoms with van der Waals surface area (Å²) in [4.78, 5) is 0. The van der Waals surface area contributed by atoms with Crippen LogP contribution in [0.3, 0.4) is 0 Å². The fraction of sp³-hybridized carbons (Fsp3) is 1.00. The maximum atomic E-state index is 9.08. The van der Waals surface area contributed by atoms with Crippen LogP contribution in [0, 0.1) is 0 Å². The molecule has 0 saturated heterocycles. The number of rotatable bonds is 10. The van der Waals surface area contributed by atoms with E-state index in [4.69, 9.17) is 10.2 Å². The standard InChI is InChI=1S/2C8H18O.Mg.2H/c2*1-3-5-6-7-8(9)4-2;;;/h2*8-9H,3-7H2,1-2H3;;;/q;;+2;2*-1. The SMILES string of the molecule is CCCCCC(O)CC.CCCCCC(O)CC.[H-].[H-].[Mg+2]. The van der Waals surface area contributed by atoms with Crippen LogP contribution in [0.15, 0.2) is 0 Å². The van der Waals surface area contributed by atoms with Crippen molar-refractivity contribution in [1.29, 1.82) is 0 Å². The van der Waals surface area contributed by atoms with E-state index in [1.165, 1.54) is 38.5 Å². The van der Waals surface area contributed by atoms with Gasteiger partial charge >= 0.3 is 23.1 Å². The monoisotopic (exact) mass is 286 g/mol. The molecule has 0 aromatic heterocycles. The molecule has 3 heteroatoms. The average molecular weight is 287 g/mol. The van der Waals surface area contributed by atoms with Crippen molar-refractivity contribution in [3.05, 3.63) is 0 Å². The van der Waals surface area contributed by atoms with Crippen LogP contribution in [-0.2, 0) is 0 Å². The molecule has 0 heterocycles. The van der Waals surface area contributed by atoms with Gasteiger partial charge in [0.15, 0.2) is 0 Å². The van der Waals surface area contributed by atoms with Crippen molar-refractivity contribution in [3.63, 3.8) is 0 Å². The fourth-order valence-electron chi connectivity index (χ4n) is 1.67. The molecule has 0 fully saturated rings. The van der Waals surface area contributed by atoms with Crippen LogP contribution in [0.5, 0.6) is 0 Å². The Morgan fingerprint density at radius 1 is 0.684 bits per heavy atom. The van der Waals surface area contributed by atoms with Crippen LogP contribution in [0.25, 0.3) is 0 Å². The summed E-state index contributed by atoms with van der Waals surface area (Å²) >= 11 is 0. The third kappa shape index (κ3) is 24.1. The molecule has 0 spiro atoms. The molecule has 0 aliphatic carbocycles. The summed E-state index contributed by atoms with van der Waals surface area (Å²) in [6, 6.07) is 0. The van der Waals surface area contributed by atoms with E-state index < -0.39 is 0 Å². The third-order valence-electron chi connectivity index (χ3n) is 3.22. The molecule has 19 heavy (non-hydrogen) atoms. The Labute approximate surface area is 140 Å². The maximum Gasteiger partial charge on any atom is 2.00 e. The van der Waals surface area contributed by atoms with E-state index in [0.29, 0.717) is 0 Å². The number of aliphatic hydroxyl groups is 2. The van der Waals surface area contributed by atoms with E-state index in [1.807, 2.05) is 13.8 Å². The van der Waals surface area contributed by atoms with Gasteiger partial charge in [0.2, 0.25) is 0 Å². The molecule has 2 atom stereocenters. The summed E-state index contributed by atoms with van der Waals surface area (Å²) in [6.07, 6.45) is 11.1. The van der Waals surface area contributed by atoms with Crippen molar-refractivity contribution >= 4 is 23.1 Å². The minimum Gasteiger partial charge on any atom is -1.00 e. The Bertz CT molecular complexity index is 136. The van der Waals surface area contributed by atoms with Crippen LogP contribution in [0.4, 0.5) is 0 Å². The predicted molar refractivity (Wildman–Crippen MR) is 88.9 cm³/mol. The van der Waals surface area contributed by atoms with E-state index in [-0.39, 0.29) is 38.1 Å². The second-order valence-corrected chi connectivity index (χ2v) is 5.12. The Morgan fingerprint density at radius 2 is 1.00 bits per heavy atom. The van der Waals surface area contributed by atoms with Gasteiger partial charge in [-0.2, -0.15) is 0 Å². The van der Waals surface area contributed by atoms with Crippen LogP contribution in [0.1, 0.15) is 94.8 Å². The summed E-state index contributed by atoms with van der Waals surface area (Å²) in [5.74, 6) is 0. The molecule has 0 amide bonds. The second kappa shape index (κ2) is 21.0. The molecular formula is C16H38MgO2. The van der Waals surface area contributed by atoms with Crippen molar-refractivity contribution in [3.8, 4) is 0 Å². The zero-order chi connectivity index (χ0) is 14.2. The number of unbranched alkanes of at least 4 members (excludes halogenated alkanes) is 4. The zero-order valence-corrected chi connectivity index (χ0v) is 15.2. The first-order chi connectivity index (χ1) is 8.62. The van der Waals surface area contributed by atoms with E-state index in [0.717, 1.165) is 25.7 Å². The van der Waals surface area contributed by atoms with Crippen molar-refractivity contribution in [2.75, 3.05) is 0 Å². The molecule has 0 aromatic carbocycles. The summed E-state index contributed by atoms with van der Waals surface area (Å²) in [5.41, 5.74) is 0. The summed E-state index contributed by atoms with van der Waals surface area (Å²) in [5, 5.41) is 18.2. The molecule has 0 aliphatic heterocycles. The minimum absolute atomic E-state index is 0. The summed E-state index contributed by atoms with van der Waals surface area (Å²) in [6.45, 7) is 8.41. The molecule has 2 unspecified atom stereocenters. The molecule has 2 N–H and O–H groups in total. The van der Waals surface area contributed by atoms with Gasteiger partial charge in [0.25, 0.3) is 0 Å². The van der Waals surface area contributed by atoms with Crippen LogP contribution in [-0.4, -0.2) is 45.5 Å². The van der Waals surface area contributed by atoms with Crippen molar-refractivity contribution in [2.24, 2.45) is 0 Å². The number of hydrogen-bond acceptors (Lipinski definition) is 2. The Morgan fingerprint density at radius 3 is 1.21 bits per heavy atom. The van der Waals surface area contributed by atoms with Crippen LogP contribution in [0.2, 0.25) is 0 Å².